The number of carbonyl (C=O) groups is 3. The van der Waals surface area contributed by atoms with E-state index in [0.29, 0.717) is 24.1 Å². The van der Waals surface area contributed by atoms with Crippen molar-refractivity contribution in [3.05, 3.63) is 60.2 Å². The van der Waals surface area contributed by atoms with Crippen LogP contribution in [0.5, 0.6) is 0 Å². The van der Waals surface area contributed by atoms with Crippen LogP contribution in [0.15, 0.2) is 54.6 Å². The number of amides is 1. The molecule has 1 saturated heterocycles. The maximum Gasteiger partial charge on any atom is 0.356 e. The maximum atomic E-state index is 13.1. The van der Waals surface area contributed by atoms with Gasteiger partial charge in [-0.3, -0.25) is 9.59 Å². The second kappa shape index (κ2) is 10.8. The lowest BCUT2D eigenvalue weighted by Crippen LogP contribution is -2.52. The fourth-order valence-electron chi connectivity index (χ4n) is 3.18. The van der Waals surface area contributed by atoms with E-state index in [-0.39, 0.29) is 24.3 Å². The molecule has 0 spiro atoms. The number of hydrogen-bond donors (Lipinski definition) is 2. The van der Waals surface area contributed by atoms with E-state index in [2.05, 4.69) is 24.0 Å². The van der Waals surface area contributed by atoms with Crippen LogP contribution in [0.2, 0.25) is 0 Å². The third-order valence-electron chi connectivity index (χ3n) is 5.25. The summed E-state index contributed by atoms with van der Waals surface area (Å²) in [6, 6.07) is 7.07. The van der Waals surface area contributed by atoms with E-state index in [0.717, 1.165) is 12.0 Å². The quantitative estimate of drug-likeness (QED) is 0.452. The van der Waals surface area contributed by atoms with Crippen LogP contribution >= 0.6 is 0 Å². The molecule has 1 aromatic rings. The van der Waals surface area contributed by atoms with Gasteiger partial charge in [0.05, 0.1) is 18.2 Å². The molecule has 0 bridgehead atoms. The van der Waals surface area contributed by atoms with Crippen LogP contribution in [0.25, 0.3) is 0 Å². The normalized spacial score (nSPS) is 17.8. The lowest BCUT2D eigenvalue weighted by Gasteiger charge is -2.28. The van der Waals surface area contributed by atoms with Crippen molar-refractivity contribution in [2.45, 2.75) is 51.7 Å². The van der Waals surface area contributed by atoms with Crippen LogP contribution in [-0.2, 0) is 14.4 Å². The van der Waals surface area contributed by atoms with Gasteiger partial charge in [0.2, 0.25) is 5.91 Å². The minimum absolute atomic E-state index is 0.0155. The summed E-state index contributed by atoms with van der Waals surface area (Å²) in [5.41, 5.74) is 4.34. The van der Waals surface area contributed by atoms with E-state index in [9.17, 15) is 14.4 Å². The summed E-state index contributed by atoms with van der Waals surface area (Å²) in [4.78, 5) is 44.7. The summed E-state index contributed by atoms with van der Waals surface area (Å²) in [6.07, 6.45) is 1.35. The van der Waals surface area contributed by atoms with Crippen molar-refractivity contribution in [1.82, 2.24) is 15.7 Å². The van der Waals surface area contributed by atoms with E-state index in [1.807, 2.05) is 13.8 Å². The molecule has 0 saturated carbocycles. The van der Waals surface area contributed by atoms with Crippen molar-refractivity contribution in [3.8, 4) is 0 Å². The molecule has 7 nitrogen and oxygen atoms in total. The summed E-state index contributed by atoms with van der Waals surface area (Å²) in [5, 5.41) is 3.14. The standard InChI is InChI=1S/C23H31N3O4/c1-15(2)17(5)24-14-20(27)19-12-9-13-26(19)22(28)21(16(3)4)25-30-23(29)18-10-7-6-8-11-18/h6-8,10-11,17,19,21,24-25H,1,3,9,12-14H2,2,4-5H3. The van der Waals surface area contributed by atoms with E-state index in [4.69, 9.17) is 4.84 Å². The maximum absolute atomic E-state index is 13.1. The third-order valence-corrected chi connectivity index (χ3v) is 5.25. The molecule has 1 aliphatic heterocycles. The highest BCUT2D eigenvalue weighted by Gasteiger charge is 2.37. The summed E-state index contributed by atoms with van der Waals surface area (Å²) in [6.45, 7) is 13.9. The Hall–Kier alpha value is -2.77. The predicted molar refractivity (Wildman–Crippen MR) is 116 cm³/mol. The summed E-state index contributed by atoms with van der Waals surface area (Å²) < 4.78 is 0. The number of ketones is 1. The molecule has 1 aromatic carbocycles. The van der Waals surface area contributed by atoms with Gasteiger partial charge < -0.3 is 15.1 Å². The monoisotopic (exact) mass is 413 g/mol. The average Bonchev–Trinajstić information content (AvgIpc) is 3.21. The third kappa shape index (κ3) is 6.11. The first-order valence-corrected chi connectivity index (χ1v) is 10.1. The molecule has 2 N–H and O–H groups in total. The fraction of sp³-hybridized carbons (Fsp3) is 0.435. The Morgan fingerprint density at radius 1 is 1.17 bits per heavy atom. The van der Waals surface area contributed by atoms with Crippen molar-refractivity contribution in [2.24, 2.45) is 0 Å². The molecule has 162 valence electrons. The average molecular weight is 414 g/mol. The highest BCUT2D eigenvalue weighted by atomic mass is 16.7. The minimum atomic E-state index is -0.923. The van der Waals surface area contributed by atoms with Gasteiger partial charge in [0.25, 0.3) is 0 Å². The molecule has 1 aliphatic rings. The van der Waals surface area contributed by atoms with Crippen molar-refractivity contribution >= 4 is 17.7 Å². The van der Waals surface area contributed by atoms with Gasteiger partial charge in [-0.1, -0.05) is 42.5 Å². The second-order valence-electron chi connectivity index (χ2n) is 7.76. The Morgan fingerprint density at radius 2 is 1.83 bits per heavy atom. The number of Topliss-reactive ketones (excluding diaryl/α,β-unsaturated/α-hetero) is 1. The molecule has 0 aromatic heterocycles. The first-order valence-electron chi connectivity index (χ1n) is 10.1. The molecule has 1 amide bonds. The lowest BCUT2D eigenvalue weighted by molar-refractivity contribution is -0.140. The number of hydrogen-bond acceptors (Lipinski definition) is 6. The minimum Gasteiger partial charge on any atom is -0.366 e. The Labute approximate surface area is 178 Å². The van der Waals surface area contributed by atoms with Crippen LogP contribution in [0.4, 0.5) is 0 Å². The van der Waals surface area contributed by atoms with Crippen molar-refractivity contribution in [1.29, 1.82) is 0 Å². The van der Waals surface area contributed by atoms with Gasteiger partial charge in [0.15, 0.2) is 5.78 Å². The first kappa shape index (κ1) is 23.5. The van der Waals surface area contributed by atoms with E-state index in [1.165, 1.54) is 0 Å². The van der Waals surface area contributed by atoms with Gasteiger partial charge in [-0.05, 0) is 45.7 Å². The molecule has 0 radical (unpaired) electrons. The Kier molecular flexibility index (Phi) is 8.50. The lowest BCUT2D eigenvalue weighted by atomic mass is 10.1. The zero-order valence-corrected chi connectivity index (χ0v) is 17.9. The molecule has 0 aliphatic carbocycles. The molecule has 3 atom stereocenters. The number of nitrogens with zero attached hydrogens (tertiary/aromatic N) is 1. The number of benzene rings is 1. The first-order chi connectivity index (χ1) is 14.2. The Balaban J connectivity index is 2.01. The molecule has 30 heavy (non-hydrogen) atoms. The summed E-state index contributed by atoms with van der Waals surface area (Å²) in [5.74, 6) is -0.968. The number of carbonyl (C=O) groups excluding carboxylic acids is 3. The van der Waals surface area contributed by atoms with E-state index < -0.39 is 18.1 Å². The van der Waals surface area contributed by atoms with Gasteiger partial charge in [-0.2, -0.15) is 0 Å². The van der Waals surface area contributed by atoms with Gasteiger partial charge >= 0.3 is 5.97 Å². The van der Waals surface area contributed by atoms with Crippen LogP contribution in [0, 0.1) is 0 Å². The molecule has 7 heteroatoms. The summed E-state index contributed by atoms with van der Waals surface area (Å²) >= 11 is 0. The second-order valence-corrected chi connectivity index (χ2v) is 7.76. The molecule has 2 rings (SSSR count). The molecular formula is C23H31N3O4. The zero-order chi connectivity index (χ0) is 22.3. The van der Waals surface area contributed by atoms with Crippen molar-refractivity contribution in [3.63, 3.8) is 0 Å². The van der Waals surface area contributed by atoms with Crippen molar-refractivity contribution in [2.75, 3.05) is 13.1 Å². The highest BCUT2D eigenvalue weighted by molar-refractivity contribution is 5.94. The van der Waals surface area contributed by atoms with E-state index in [1.54, 1.807) is 42.2 Å². The number of rotatable bonds is 10. The van der Waals surface area contributed by atoms with Crippen molar-refractivity contribution < 1.29 is 19.2 Å². The number of likely N-dealkylation sites (tertiary alicyclic amines) is 1. The Bertz CT molecular complexity index is 806. The largest absolute Gasteiger partial charge is 0.366 e. The van der Waals surface area contributed by atoms with E-state index >= 15 is 0 Å². The number of nitrogens with one attached hydrogen (secondary N) is 2. The smallest absolute Gasteiger partial charge is 0.356 e. The van der Waals surface area contributed by atoms with Crippen LogP contribution in [0.1, 0.15) is 44.0 Å². The Morgan fingerprint density at radius 3 is 2.43 bits per heavy atom. The topological polar surface area (TPSA) is 87.7 Å². The van der Waals surface area contributed by atoms with Crippen LogP contribution in [0.3, 0.4) is 0 Å². The van der Waals surface area contributed by atoms with Crippen LogP contribution < -0.4 is 10.8 Å². The number of hydroxylamine groups is 1. The SMILES string of the molecule is C=C(C)C(C)NCC(=O)C1CCCN1C(=O)C(NOC(=O)c1ccccc1)C(=C)C. The fourth-order valence-corrected chi connectivity index (χ4v) is 3.18. The molecule has 1 fully saturated rings. The highest BCUT2D eigenvalue weighted by Crippen LogP contribution is 2.20. The van der Waals surface area contributed by atoms with Crippen LogP contribution in [-0.4, -0.2) is 53.8 Å². The summed E-state index contributed by atoms with van der Waals surface area (Å²) in [7, 11) is 0. The zero-order valence-electron chi connectivity index (χ0n) is 17.9. The molecule has 3 unspecified atom stereocenters. The predicted octanol–water partition coefficient (Wildman–Crippen LogP) is 2.41. The molecular weight excluding hydrogens is 382 g/mol. The van der Waals surface area contributed by atoms with Gasteiger partial charge in [-0.15, -0.1) is 5.48 Å². The van der Waals surface area contributed by atoms with Gasteiger partial charge in [0, 0.05) is 12.6 Å². The molecule has 1 heterocycles. The van der Waals surface area contributed by atoms with Gasteiger partial charge in [-0.25, -0.2) is 4.79 Å². The van der Waals surface area contributed by atoms with Gasteiger partial charge in [0.1, 0.15) is 6.04 Å².